The van der Waals surface area contributed by atoms with Gasteiger partial charge < -0.3 is 4.43 Å². The van der Waals surface area contributed by atoms with E-state index in [4.69, 9.17) is 4.43 Å². The SMILES string of the molecule is CC1C[Si](C)[Si][Si](C)(c2c3ccccc3cc3c2ccc2cc4ccccc4cc23)O1. The van der Waals surface area contributed by atoms with Gasteiger partial charge in [-0.05, 0) is 86.0 Å². The van der Waals surface area contributed by atoms with Gasteiger partial charge in [-0.25, -0.2) is 0 Å². The molecular weight excluding hydrogens is 425 g/mol. The highest BCUT2D eigenvalue weighted by atomic mass is 29.6. The zero-order valence-electron chi connectivity index (χ0n) is 18.2. The van der Waals surface area contributed by atoms with E-state index >= 15 is 0 Å². The molecule has 6 rings (SSSR count). The molecule has 1 aliphatic rings. The zero-order valence-corrected chi connectivity index (χ0v) is 21.2. The van der Waals surface area contributed by atoms with E-state index in [1.165, 1.54) is 54.3 Å². The Kier molecular flexibility index (Phi) is 4.47. The largest absolute Gasteiger partial charge is 0.414 e. The molecule has 1 heterocycles. The first-order chi connectivity index (χ1) is 15.0. The van der Waals surface area contributed by atoms with Crippen LogP contribution < -0.4 is 5.19 Å². The quantitative estimate of drug-likeness (QED) is 0.165. The summed E-state index contributed by atoms with van der Waals surface area (Å²) in [5.74, 6) is 0. The normalized spacial score (nSPS) is 22.6. The van der Waals surface area contributed by atoms with Crippen molar-refractivity contribution < 1.29 is 4.43 Å². The lowest BCUT2D eigenvalue weighted by Gasteiger charge is -2.39. The zero-order chi connectivity index (χ0) is 21.2. The maximum atomic E-state index is 6.91. The van der Waals surface area contributed by atoms with Crippen molar-refractivity contribution in [1.82, 2.24) is 0 Å². The average molecular weight is 450 g/mol. The highest BCUT2D eigenvalue weighted by Crippen LogP contribution is 2.34. The Labute approximate surface area is 188 Å². The van der Waals surface area contributed by atoms with Gasteiger partial charge in [0.15, 0.2) is 7.83 Å². The highest BCUT2D eigenvalue weighted by molar-refractivity contribution is 7.50. The van der Waals surface area contributed by atoms with Crippen LogP contribution in [-0.2, 0) is 4.43 Å². The van der Waals surface area contributed by atoms with Crippen LogP contribution in [0.2, 0.25) is 19.1 Å². The lowest BCUT2D eigenvalue weighted by Crippen LogP contribution is -2.63. The van der Waals surface area contributed by atoms with Crippen molar-refractivity contribution >= 4 is 73.0 Å². The van der Waals surface area contributed by atoms with Crippen molar-refractivity contribution in [3.63, 3.8) is 0 Å². The van der Waals surface area contributed by atoms with E-state index < -0.39 is 7.83 Å². The molecule has 2 unspecified atom stereocenters. The molecule has 5 aromatic carbocycles. The van der Waals surface area contributed by atoms with Crippen LogP contribution in [0, 0.1) is 0 Å². The van der Waals surface area contributed by atoms with Gasteiger partial charge in [-0.15, -0.1) is 0 Å². The van der Waals surface area contributed by atoms with Crippen LogP contribution >= 0.6 is 0 Å². The van der Waals surface area contributed by atoms with Gasteiger partial charge >= 0.3 is 0 Å². The molecule has 0 saturated carbocycles. The molecule has 31 heavy (non-hydrogen) atoms. The molecule has 5 aromatic rings. The van der Waals surface area contributed by atoms with E-state index in [-0.39, 0.29) is 8.31 Å². The van der Waals surface area contributed by atoms with Gasteiger partial charge in [-0.1, -0.05) is 67.2 Å². The summed E-state index contributed by atoms with van der Waals surface area (Å²) in [6, 6.07) is 30.8. The molecule has 0 N–H and O–H groups in total. The maximum Gasteiger partial charge on any atom is 0.200 e. The van der Waals surface area contributed by atoms with Crippen LogP contribution in [0.15, 0.2) is 78.9 Å². The minimum atomic E-state index is -2.04. The molecule has 1 aliphatic heterocycles. The first-order valence-corrected chi connectivity index (χ1v) is 18.7. The summed E-state index contributed by atoms with van der Waals surface area (Å²) >= 11 is 0. The van der Waals surface area contributed by atoms with E-state index in [2.05, 4.69) is 98.9 Å². The number of hydrogen-bond donors (Lipinski definition) is 0. The number of benzene rings is 5. The molecule has 2 atom stereocenters. The van der Waals surface area contributed by atoms with Crippen LogP contribution in [-0.4, -0.2) is 30.8 Å². The molecule has 0 aromatic heterocycles. The summed E-state index contributed by atoms with van der Waals surface area (Å²) in [6.45, 7) is 7.29. The highest BCUT2D eigenvalue weighted by Gasteiger charge is 2.42. The number of rotatable bonds is 1. The molecule has 0 amide bonds. The Morgan fingerprint density at radius 1 is 0.774 bits per heavy atom. The summed E-state index contributed by atoms with van der Waals surface area (Å²) in [5.41, 5.74) is 0. The van der Waals surface area contributed by atoms with Crippen molar-refractivity contribution in [2.45, 2.75) is 32.2 Å². The average Bonchev–Trinajstić information content (AvgIpc) is 2.75. The molecule has 151 valence electrons. The van der Waals surface area contributed by atoms with Crippen molar-refractivity contribution in [2.24, 2.45) is 0 Å². The van der Waals surface area contributed by atoms with Gasteiger partial charge in [-0.2, -0.15) is 0 Å². The van der Waals surface area contributed by atoms with Gasteiger partial charge in [0.2, 0.25) is 0 Å². The van der Waals surface area contributed by atoms with Crippen LogP contribution in [0.5, 0.6) is 0 Å². The van der Waals surface area contributed by atoms with Crippen LogP contribution in [0.4, 0.5) is 0 Å². The van der Waals surface area contributed by atoms with E-state index in [0.717, 1.165) is 8.55 Å². The Bertz CT molecular complexity index is 1470. The molecular formula is C27H25OSi3. The second kappa shape index (κ2) is 7.14. The summed E-state index contributed by atoms with van der Waals surface area (Å²) in [6.07, 6.45) is 0.384. The van der Waals surface area contributed by atoms with E-state index in [1.54, 1.807) is 0 Å². The summed E-state index contributed by atoms with van der Waals surface area (Å²) in [5, 5.41) is 12.4. The fraction of sp³-hybridized carbons (Fsp3) is 0.185. The van der Waals surface area contributed by atoms with Gasteiger partial charge in [0.1, 0.15) is 0 Å². The van der Waals surface area contributed by atoms with Crippen LogP contribution in [0.25, 0.3) is 43.1 Å². The summed E-state index contributed by atoms with van der Waals surface area (Å²) in [7, 11) is -1.38. The number of hydrogen-bond acceptors (Lipinski definition) is 1. The topological polar surface area (TPSA) is 9.23 Å². The van der Waals surface area contributed by atoms with Crippen molar-refractivity contribution in [1.29, 1.82) is 0 Å². The fourth-order valence-electron chi connectivity index (χ4n) is 5.56. The summed E-state index contributed by atoms with van der Waals surface area (Å²) < 4.78 is 6.91. The van der Waals surface area contributed by atoms with Gasteiger partial charge in [0, 0.05) is 14.4 Å². The van der Waals surface area contributed by atoms with E-state index in [9.17, 15) is 0 Å². The van der Waals surface area contributed by atoms with E-state index in [1.807, 2.05) is 0 Å². The molecule has 0 aliphatic carbocycles. The smallest absolute Gasteiger partial charge is 0.200 e. The van der Waals surface area contributed by atoms with Crippen molar-refractivity contribution in [3.05, 3.63) is 78.9 Å². The molecule has 1 nitrogen and oxygen atoms in total. The lowest BCUT2D eigenvalue weighted by molar-refractivity contribution is 0.242. The Balaban J connectivity index is 1.75. The van der Waals surface area contributed by atoms with Gasteiger partial charge in [0.05, 0.1) is 8.55 Å². The standard InChI is InChI=1S/C27H25OSi3/c1-18-17-30(2)29-31(3,28-18)27-23-11-7-6-10-21(23)16-26-24(27)13-12-22-14-19-8-4-5-9-20(19)15-25(22)26/h4-16,18H,17H2,1-3H3. The molecule has 1 saturated heterocycles. The van der Waals surface area contributed by atoms with Gasteiger partial charge in [-0.3, -0.25) is 0 Å². The first kappa shape index (κ1) is 19.4. The minimum Gasteiger partial charge on any atom is -0.414 e. The van der Waals surface area contributed by atoms with E-state index in [0.29, 0.717) is 6.10 Å². The minimum absolute atomic E-state index is 0.337. The Morgan fingerprint density at radius 3 is 2.19 bits per heavy atom. The van der Waals surface area contributed by atoms with Crippen LogP contribution in [0.3, 0.4) is 0 Å². The van der Waals surface area contributed by atoms with Gasteiger partial charge in [0.25, 0.3) is 0 Å². The molecule has 4 heteroatoms. The monoisotopic (exact) mass is 449 g/mol. The third-order valence-corrected chi connectivity index (χ3v) is 23.7. The first-order valence-electron chi connectivity index (χ1n) is 11.1. The van der Waals surface area contributed by atoms with Crippen molar-refractivity contribution in [3.8, 4) is 0 Å². The van der Waals surface area contributed by atoms with Crippen molar-refractivity contribution in [2.75, 3.05) is 0 Å². The Hall–Kier alpha value is -2.25. The van der Waals surface area contributed by atoms with Crippen LogP contribution in [0.1, 0.15) is 6.92 Å². The predicted molar refractivity (Wildman–Crippen MR) is 140 cm³/mol. The predicted octanol–water partition coefficient (Wildman–Crippen LogP) is 6.32. The third-order valence-electron chi connectivity index (χ3n) is 6.69. The molecule has 0 spiro atoms. The molecule has 0 bridgehead atoms. The number of fused-ring (bicyclic) bond motifs is 5. The Morgan fingerprint density at radius 2 is 1.42 bits per heavy atom. The third kappa shape index (κ3) is 3.12. The maximum absolute atomic E-state index is 6.91. The second-order valence-corrected chi connectivity index (χ2v) is 22.6. The molecule has 3 radical (unpaired) electrons. The fourth-order valence-corrected chi connectivity index (χ4v) is 25.7. The second-order valence-electron chi connectivity index (χ2n) is 9.13. The summed E-state index contributed by atoms with van der Waals surface area (Å²) in [4.78, 5) is 0. The molecule has 1 fully saturated rings. The lowest BCUT2D eigenvalue weighted by atomic mass is 9.96.